The van der Waals surface area contributed by atoms with Crippen LogP contribution in [0.15, 0.2) is 42.5 Å². The Morgan fingerprint density at radius 3 is 2.50 bits per heavy atom. The van der Waals surface area contributed by atoms with Crippen molar-refractivity contribution in [1.82, 2.24) is 0 Å². The zero-order valence-electron chi connectivity index (χ0n) is 10.2. The molecule has 20 heavy (non-hydrogen) atoms. The van der Waals surface area contributed by atoms with Crippen LogP contribution in [-0.4, -0.2) is 11.1 Å². The second-order valence-corrected chi connectivity index (χ2v) is 4.35. The smallest absolute Gasteiger partial charge is 0.323 e. The van der Waals surface area contributed by atoms with Crippen LogP contribution in [-0.2, 0) is 0 Å². The summed E-state index contributed by atoms with van der Waals surface area (Å²) in [6.07, 6.45) is 0. The monoisotopic (exact) mass is 287 g/mol. The first-order valence-corrected chi connectivity index (χ1v) is 6.03. The van der Waals surface area contributed by atoms with Crippen molar-refractivity contribution in [2.24, 2.45) is 0 Å². The fourth-order valence-corrected chi connectivity index (χ4v) is 1.67. The van der Waals surface area contributed by atoms with Crippen LogP contribution in [0.2, 0.25) is 5.02 Å². The number of nitrogens with zero attached hydrogens (tertiary/aromatic N) is 1. The van der Waals surface area contributed by atoms with Gasteiger partial charge in [-0.15, -0.1) is 0 Å². The number of aromatic hydroxyl groups is 1. The van der Waals surface area contributed by atoms with Crippen LogP contribution in [0.5, 0.6) is 5.75 Å². The number of nitrogens with one attached hydrogen (secondary N) is 2. The van der Waals surface area contributed by atoms with Gasteiger partial charge in [0.25, 0.3) is 0 Å². The number of anilines is 2. The summed E-state index contributed by atoms with van der Waals surface area (Å²) in [6, 6.07) is 12.4. The van der Waals surface area contributed by atoms with Gasteiger partial charge in [-0.3, -0.25) is 0 Å². The number of carbonyl (C=O) groups is 1. The third-order valence-electron chi connectivity index (χ3n) is 2.45. The Bertz CT molecular complexity index is 695. The molecule has 0 aromatic heterocycles. The van der Waals surface area contributed by atoms with Crippen LogP contribution in [0.1, 0.15) is 5.56 Å². The molecule has 0 aliphatic heterocycles. The predicted octanol–water partition coefficient (Wildman–Crippen LogP) is 3.56. The molecule has 100 valence electrons. The number of phenolic OH excluding ortho intramolecular Hbond substituents is 1. The third kappa shape index (κ3) is 3.40. The molecule has 0 fully saturated rings. The molecule has 0 aliphatic carbocycles. The van der Waals surface area contributed by atoms with Crippen molar-refractivity contribution in [2.75, 3.05) is 10.6 Å². The Labute approximate surface area is 120 Å². The number of urea groups is 1. The number of amides is 2. The Morgan fingerprint density at radius 1 is 1.15 bits per heavy atom. The molecule has 0 radical (unpaired) electrons. The molecular formula is C14H10ClN3O2. The van der Waals surface area contributed by atoms with E-state index in [2.05, 4.69) is 10.6 Å². The first kappa shape index (κ1) is 13.7. The van der Waals surface area contributed by atoms with Crippen LogP contribution < -0.4 is 10.6 Å². The lowest BCUT2D eigenvalue weighted by atomic mass is 10.2. The molecule has 0 heterocycles. The van der Waals surface area contributed by atoms with E-state index in [9.17, 15) is 9.90 Å². The minimum atomic E-state index is -0.484. The van der Waals surface area contributed by atoms with Gasteiger partial charge in [0, 0.05) is 17.4 Å². The van der Waals surface area contributed by atoms with Crippen molar-refractivity contribution in [1.29, 1.82) is 5.26 Å². The zero-order valence-corrected chi connectivity index (χ0v) is 11.0. The molecule has 0 saturated heterocycles. The number of hydrogen-bond donors (Lipinski definition) is 3. The van der Waals surface area contributed by atoms with E-state index in [4.69, 9.17) is 16.9 Å². The van der Waals surface area contributed by atoms with Gasteiger partial charge in [-0.2, -0.15) is 5.26 Å². The summed E-state index contributed by atoms with van der Waals surface area (Å²) in [6.45, 7) is 0. The SMILES string of the molecule is N#Cc1cccc(NC(=O)Nc2ccc(Cl)c(O)c2)c1. The summed E-state index contributed by atoms with van der Waals surface area (Å²) in [7, 11) is 0. The maximum atomic E-state index is 11.8. The van der Waals surface area contributed by atoms with Crippen molar-refractivity contribution < 1.29 is 9.90 Å². The number of hydrogen-bond acceptors (Lipinski definition) is 3. The van der Waals surface area contributed by atoms with Gasteiger partial charge in [-0.1, -0.05) is 17.7 Å². The lowest BCUT2D eigenvalue weighted by Gasteiger charge is -2.08. The molecule has 2 rings (SSSR count). The molecule has 0 spiro atoms. The molecular weight excluding hydrogens is 278 g/mol. The highest BCUT2D eigenvalue weighted by molar-refractivity contribution is 6.32. The van der Waals surface area contributed by atoms with E-state index in [-0.39, 0.29) is 10.8 Å². The van der Waals surface area contributed by atoms with Crippen LogP contribution in [0.3, 0.4) is 0 Å². The predicted molar refractivity (Wildman–Crippen MR) is 76.9 cm³/mol. The van der Waals surface area contributed by atoms with Gasteiger partial charge in [-0.25, -0.2) is 4.79 Å². The molecule has 3 N–H and O–H groups in total. The highest BCUT2D eigenvalue weighted by Crippen LogP contribution is 2.26. The van der Waals surface area contributed by atoms with Crippen molar-refractivity contribution in [3.8, 4) is 11.8 Å². The maximum absolute atomic E-state index is 11.8. The molecule has 2 amide bonds. The molecule has 0 bridgehead atoms. The van der Waals surface area contributed by atoms with E-state index >= 15 is 0 Å². The van der Waals surface area contributed by atoms with Crippen LogP contribution in [0.4, 0.5) is 16.2 Å². The van der Waals surface area contributed by atoms with E-state index in [0.717, 1.165) is 0 Å². The van der Waals surface area contributed by atoms with Crippen LogP contribution in [0.25, 0.3) is 0 Å². The minimum Gasteiger partial charge on any atom is -0.506 e. The summed E-state index contributed by atoms with van der Waals surface area (Å²) in [4.78, 5) is 11.8. The van der Waals surface area contributed by atoms with Gasteiger partial charge in [0.05, 0.1) is 16.7 Å². The van der Waals surface area contributed by atoms with Crippen molar-refractivity contribution in [3.05, 3.63) is 53.1 Å². The highest BCUT2D eigenvalue weighted by atomic mass is 35.5. The summed E-state index contributed by atoms with van der Waals surface area (Å²) in [5, 5.41) is 23.5. The number of carbonyl (C=O) groups excluding carboxylic acids is 1. The number of nitriles is 1. The quantitative estimate of drug-likeness (QED) is 0.789. The maximum Gasteiger partial charge on any atom is 0.323 e. The summed E-state index contributed by atoms with van der Waals surface area (Å²) < 4.78 is 0. The molecule has 6 heteroatoms. The van der Waals surface area contributed by atoms with Crippen molar-refractivity contribution >= 4 is 29.0 Å². The number of phenols is 1. The fourth-order valence-electron chi connectivity index (χ4n) is 1.55. The van der Waals surface area contributed by atoms with Gasteiger partial charge in [-0.05, 0) is 30.3 Å². The number of benzene rings is 2. The minimum absolute atomic E-state index is 0.115. The molecule has 0 aliphatic rings. The first-order valence-electron chi connectivity index (χ1n) is 5.65. The van der Waals surface area contributed by atoms with Crippen molar-refractivity contribution in [3.63, 3.8) is 0 Å². The van der Waals surface area contributed by atoms with Crippen LogP contribution >= 0.6 is 11.6 Å². The second-order valence-electron chi connectivity index (χ2n) is 3.94. The lowest BCUT2D eigenvalue weighted by molar-refractivity contribution is 0.262. The average molecular weight is 288 g/mol. The van der Waals surface area contributed by atoms with Gasteiger partial charge in [0.1, 0.15) is 5.75 Å². The van der Waals surface area contributed by atoms with E-state index in [1.165, 1.54) is 12.1 Å². The Hall–Kier alpha value is -2.71. The van der Waals surface area contributed by atoms with E-state index in [0.29, 0.717) is 16.9 Å². The number of rotatable bonds is 2. The number of halogens is 1. The van der Waals surface area contributed by atoms with E-state index in [1.54, 1.807) is 30.3 Å². The van der Waals surface area contributed by atoms with E-state index in [1.807, 2.05) is 6.07 Å². The Balaban J connectivity index is 2.05. The summed E-state index contributed by atoms with van der Waals surface area (Å²) in [5.74, 6) is -0.115. The molecule has 5 nitrogen and oxygen atoms in total. The largest absolute Gasteiger partial charge is 0.506 e. The van der Waals surface area contributed by atoms with Crippen LogP contribution in [0, 0.1) is 11.3 Å². The summed E-state index contributed by atoms with van der Waals surface area (Å²) in [5.41, 5.74) is 1.35. The second kappa shape index (κ2) is 5.95. The lowest BCUT2D eigenvalue weighted by Crippen LogP contribution is -2.19. The topological polar surface area (TPSA) is 85.2 Å². The van der Waals surface area contributed by atoms with Gasteiger partial charge in [0.15, 0.2) is 0 Å². The standard InChI is InChI=1S/C14H10ClN3O2/c15-12-5-4-11(7-13(12)19)18-14(20)17-10-3-1-2-9(6-10)8-16/h1-7,19H,(H2,17,18,20). The van der Waals surface area contributed by atoms with Gasteiger partial charge in [0.2, 0.25) is 0 Å². The third-order valence-corrected chi connectivity index (χ3v) is 2.77. The van der Waals surface area contributed by atoms with Gasteiger partial charge < -0.3 is 15.7 Å². The molecule has 0 saturated carbocycles. The summed E-state index contributed by atoms with van der Waals surface area (Å²) >= 11 is 5.67. The Morgan fingerprint density at radius 2 is 1.85 bits per heavy atom. The molecule has 2 aromatic rings. The fraction of sp³-hybridized carbons (Fsp3) is 0. The normalized spacial score (nSPS) is 9.60. The van der Waals surface area contributed by atoms with Crippen molar-refractivity contribution in [2.45, 2.75) is 0 Å². The van der Waals surface area contributed by atoms with Gasteiger partial charge >= 0.3 is 6.03 Å². The average Bonchev–Trinajstić information content (AvgIpc) is 2.43. The zero-order chi connectivity index (χ0) is 14.5. The molecule has 0 unspecified atom stereocenters. The Kier molecular flexibility index (Phi) is 4.08. The molecule has 2 aromatic carbocycles. The first-order chi connectivity index (χ1) is 9.58. The highest BCUT2D eigenvalue weighted by Gasteiger charge is 2.05. The van der Waals surface area contributed by atoms with E-state index < -0.39 is 6.03 Å². The molecule has 0 atom stereocenters.